The highest BCUT2D eigenvalue weighted by molar-refractivity contribution is 7.93. The summed E-state index contributed by atoms with van der Waals surface area (Å²) in [5.74, 6) is 0.104. The smallest absolute Gasteiger partial charge is 0.341 e. The number of hydrogen-bond donors (Lipinski definition) is 1. The van der Waals surface area contributed by atoms with Gasteiger partial charge in [0, 0.05) is 16.8 Å². The third-order valence-corrected chi connectivity index (χ3v) is 6.27. The first-order chi connectivity index (χ1) is 15.2. The molecule has 0 spiro atoms. The SMILES string of the molecule is COC(=O)c1cc([S+]([O-])N(CC(C)C)c2ccc(OC(C)C)cc2)c2ccccc2c1O. The lowest BCUT2D eigenvalue weighted by Gasteiger charge is -2.28. The van der Waals surface area contributed by atoms with Crippen LogP contribution >= 0.6 is 0 Å². The van der Waals surface area contributed by atoms with Crippen molar-refractivity contribution in [1.29, 1.82) is 0 Å². The van der Waals surface area contributed by atoms with E-state index in [-0.39, 0.29) is 23.3 Å². The first-order valence-electron chi connectivity index (χ1n) is 10.5. The molecule has 1 unspecified atom stereocenters. The summed E-state index contributed by atoms with van der Waals surface area (Å²) < 4.78 is 26.3. The molecule has 0 aliphatic carbocycles. The Kier molecular flexibility index (Phi) is 7.53. The summed E-state index contributed by atoms with van der Waals surface area (Å²) in [7, 11) is 1.25. The maximum atomic E-state index is 13.9. The van der Waals surface area contributed by atoms with Crippen LogP contribution in [0.2, 0.25) is 0 Å². The maximum Gasteiger partial charge on any atom is 0.341 e. The van der Waals surface area contributed by atoms with E-state index >= 15 is 0 Å². The number of hydrogen-bond acceptors (Lipinski definition) is 6. The fourth-order valence-electron chi connectivity index (χ4n) is 3.42. The highest BCUT2D eigenvalue weighted by atomic mass is 32.2. The fraction of sp³-hybridized carbons (Fsp3) is 0.320. The molecule has 170 valence electrons. The molecular weight excluding hydrogens is 426 g/mol. The van der Waals surface area contributed by atoms with E-state index in [1.54, 1.807) is 22.5 Å². The number of anilines is 1. The van der Waals surface area contributed by atoms with Crippen LogP contribution in [0, 0.1) is 5.92 Å². The first kappa shape index (κ1) is 23.8. The predicted octanol–water partition coefficient (Wildman–Crippen LogP) is 5.30. The zero-order valence-corrected chi connectivity index (χ0v) is 19.8. The molecule has 0 saturated carbocycles. The van der Waals surface area contributed by atoms with Crippen LogP contribution in [0.25, 0.3) is 10.8 Å². The van der Waals surface area contributed by atoms with Gasteiger partial charge in [-0.25, -0.2) is 4.79 Å². The second-order valence-electron chi connectivity index (χ2n) is 8.17. The van der Waals surface area contributed by atoms with Crippen LogP contribution in [0.1, 0.15) is 38.1 Å². The average molecular weight is 456 g/mol. The summed E-state index contributed by atoms with van der Waals surface area (Å²) in [6, 6.07) is 16.0. The van der Waals surface area contributed by atoms with Gasteiger partial charge in [-0.05, 0) is 50.1 Å². The van der Waals surface area contributed by atoms with Gasteiger partial charge in [-0.15, -0.1) is 0 Å². The molecule has 6 nitrogen and oxygen atoms in total. The number of benzene rings is 3. The topological polar surface area (TPSA) is 82.1 Å². The van der Waals surface area contributed by atoms with Crippen molar-refractivity contribution in [2.45, 2.75) is 38.7 Å². The zero-order valence-electron chi connectivity index (χ0n) is 19.0. The Labute approximate surface area is 192 Å². The molecule has 0 fully saturated rings. The molecule has 0 saturated heterocycles. The van der Waals surface area contributed by atoms with Gasteiger partial charge in [0.05, 0.1) is 25.4 Å². The number of ether oxygens (including phenoxy) is 2. The number of aromatic hydroxyl groups is 1. The van der Waals surface area contributed by atoms with Gasteiger partial charge in [0.1, 0.15) is 28.4 Å². The van der Waals surface area contributed by atoms with Crippen LogP contribution < -0.4 is 9.04 Å². The molecule has 0 heterocycles. The predicted molar refractivity (Wildman–Crippen MR) is 128 cm³/mol. The van der Waals surface area contributed by atoms with E-state index in [9.17, 15) is 14.5 Å². The lowest BCUT2D eigenvalue weighted by molar-refractivity contribution is 0.0597. The summed E-state index contributed by atoms with van der Waals surface area (Å²) in [5, 5.41) is 11.7. The Bertz CT molecular complexity index is 1080. The molecule has 32 heavy (non-hydrogen) atoms. The minimum atomic E-state index is -1.65. The Balaban J connectivity index is 2.11. The summed E-state index contributed by atoms with van der Waals surface area (Å²) in [4.78, 5) is 12.7. The van der Waals surface area contributed by atoms with Crippen molar-refractivity contribution in [1.82, 2.24) is 0 Å². The zero-order chi connectivity index (χ0) is 23.4. The van der Waals surface area contributed by atoms with Gasteiger partial charge in [-0.1, -0.05) is 32.0 Å². The summed E-state index contributed by atoms with van der Waals surface area (Å²) >= 11 is -1.65. The third-order valence-electron chi connectivity index (χ3n) is 4.80. The summed E-state index contributed by atoms with van der Waals surface area (Å²) in [6.45, 7) is 8.55. The van der Waals surface area contributed by atoms with Crippen molar-refractivity contribution in [3.63, 3.8) is 0 Å². The van der Waals surface area contributed by atoms with Crippen LogP contribution in [0.3, 0.4) is 0 Å². The van der Waals surface area contributed by atoms with E-state index < -0.39 is 17.3 Å². The van der Waals surface area contributed by atoms with Gasteiger partial charge in [0.2, 0.25) is 0 Å². The number of phenolic OH excluding ortho intramolecular Hbond substituents is 1. The van der Waals surface area contributed by atoms with Gasteiger partial charge in [0.25, 0.3) is 0 Å². The molecule has 1 atom stereocenters. The van der Waals surface area contributed by atoms with Crippen molar-refractivity contribution >= 4 is 33.8 Å². The molecular formula is C25H29NO5S. The third kappa shape index (κ3) is 5.11. The molecule has 0 aromatic heterocycles. The number of esters is 1. The Morgan fingerprint density at radius 3 is 2.25 bits per heavy atom. The minimum absolute atomic E-state index is 0.0141. The number of carbonyl (C=O) groups excluding carboxylic acids is 1. The lowest BCUT2D eigenvalue weighted by atomic mass is 10.1. The molecule has 7 heteroatoms. The average Bonchev–Trinajstić information content (AvgIpc) is 2.77. The van der Waals surface area contributed by atoms with E-state index in [0.717, 1.165) is 11.4 Å². The monoisotopic (exact) mass is 455 g/mol. The van der Waals surface area contributed by atoms with Crippen molar-refractivity contribution in [2.24, 2.45) is 5.92 Å². The summed E-state index contributed by atoms with van der Waals surface area (Å²) in [5.41, 5.74) is 0.754. The second kappa shape index (κ2) is 10.1. The van der Waals surface area contributed by atoms with E-state index in [0.29, 0.717) is 22.2 Å². The first-order valence-corrected chi connectivity index (χ1v) is 11.6. The van der Waals surface area contributed by atoms with Crippen LogP contribution in [0.15, 0.2) is 59.5 Å². The molecule has 0 aliphatic rings. The highest BCUT2D eigenvalue weighted by Crippen LogP contribution is 2.37. The van der Waals surface area contributed by atoms with Crippen LogP contribution in [-0.4, -0.2) is 35.4 Å². The van der Waals surface area contributed by atoms with Crippen LogP contribution in [0.5, 0.6) is 11.5 Å². The summed E-state index contributed by atoms with van der Waals surface area (Å²) in [6.07, 6.45) is 0.0573. The number of nitrogens with zero attached hydrogens (tertiary/aromatic N) is 1. The Hall–Kier alpha value is -2.90. The second-order valence-corrected chi connectivity index (χ2v) is 9.55. The number of phenols is 1. The molecule has 0 aliphatic heterocycles. The minimum Gasteiger partial charge on any atom is -0.588 e. The molecule has 0 radical (unpaired) electrons. The standard InChI is InChI=1S/C25H29NO5S/c1-16(2)15-26(18-10-12-19(13-11-18)31-17(3)4)32(29)23-14-22(25(28)30-5)24(27)21-9-7-6-8-20(21)23/h6-14,16-17,27H,15H2,1-5H3. The molecule has 0 bridgehead atoms. The van der Waals surface area contributed by atoms with Crippen LogP contribution in [-0.2, 0) is 16.1 Å². The fourth-order valence-corrected chi connectivity index (χ4v) is 4.99. The van der Waals surface area contributed by atoms with Crippen molar-refractivity contribution in [3.05, 3.63) is 60.2 Å². The molecule has 1 N–H and O–H groups in total. The van der Waals surface area contributed by atoms with Gasteiger partial charge in [-0.3, -0.25) is 0 Å². The molecule has 3 rings (SSSR count). The van der Waals surface area contributed by atoms with E-state index in [4.69, 9.17) is 9.47 Å². The van der Waals surface area contributed by atoms with Gasteiger partial charge < -0.3 is 19.1 Å². The normalized spacial score (nSPS) is 12.2. The van der Waals surface area contributed by atoms with Crippen molar-refractivity contribution in [3.8, 4) is 11.5 Å². The molecule has 3 aromatic rings. The van der Waals surface area contributed by atoms with E-state index in [1.807, 2.05) is 44.2 Å². The maximum absolute atomic E-state index is 13.9. The number of methoxy groups -OCH3 is 1. The Morgan fingerprint density at radius 1 is 1.06 bits per heavy atom. The largest absolute Gasteiger partial charge is 0.588 e. The van der Waals surface area contributed by atoms with Crippen LogP contribution in [0.4, 0.5) is 5.69 Å². The Morgan fingerprint density at radius 2 is 1.69 bits per heavy atom. The van der Waals surface area contributed by atoms with Crippen molar-refractivity contribution < 1.29 is 23.9 Å². The van der Waals surface area contributed by atoms with Gasteiger partial charge in [-0.2, -0.15) is 4.31 Å². The lowest BCUT2D eigenvalue weighted by Crippen LogP contribution is -2.34. The van der Waals surface area contributed by atoms with Gasteiger partial charge in [0.15, 0.2) is 4.90 Å². The van der Waals surface area contributed by atoms with E-state index in [1.165, 1.54) is 13.2 Å². The van der Waals surface area contributed by atoms with Crippen molar-refractivity contribution in [2.75, 3.05) is 18.0 Å². The number of rotatable bonds is 8. The number of fused-ring (bicyclic) bond motifs is 1. The number of carbonyl (C=O) groups is 1. The highest BCUT2D eigenvalue weighted by Gasteiger charge is 2.30. The van der Waals surface area contributed by atoms with Gasteiger partial charge >= 0.3 is 5.97 Å². The molecule has 3 aromatic carbocycles. The van der Waals surface area contributed by atoms with E-state index in [2.05, 4.69) is 13.8 Å². The quantitative estimate of drug-likeness (QED) is 0.366. The molecule has 0 amide bonds.